The van der Waals surface area contributed by atoms with Gasteiger partial charge in [0.05, 0.1) is 33.1 Å². The topological polar surface area (TPSA) is 81.3 Å². The highest BCUT2D eigenvalue weighted by atomic mass is 32.2. The maximum absolute atomic E-state index is 6.19. The second kappa shape index (κ2) is 7.17. The standard InChI is InChI=1S/C14H20N4O3S/c1-19-10-7-5-6-9(13(10)15)14(22-4)18-16-11(20-2)8-12(17-18)21-3/h5-8,14,16H,15H2,1-4H3. The molecule has 0 bridgehead atoms. The van der Waals surface area contributed by atoms with Gasteiger partial charge >= 0.3 is 0 Å². The van der Waals surface area contributed by atoms with Crippen LogP contribution in [0.1, 0.15) is 10.9 Å². The Labute approximate surface area is 134 Å². The average molecular weight is 324 g/mol. The normalized spacial score (nSPS) is 15.4. The van der Waals surface area contributed by atoms with Crippen molar-refractivity contribution in [2.45, 2.75) is 5.37 Å². The maximum Gasteiger partial charge on any atom is 0.238 e. The van der Waals surface area contributed by atoms with Crippen LogP contribution in [-0.4, -0.2) is 38.6 Å². The number of nitrogens with two attached hydrogens (primary N) is 1. The van der Waals surface area contributed by atoms with Crippen molar-refractivity contribution in [2.24, 2.45) is 5.10 Å². The highest BCUT2D eigenvalue weighted by molar-refractivity contribution is 7.98. The molecule has 8 heteroatoms. The number of hydrazine groups is 1. The lowest BCUT2D eigenvalue weighted by Crippen LogP contribution is -2.39. The predicted octanol–water partition coefficient (Wildman–Crippen LogP) is 1.91. The van der Waals surface area contributed by atoms with Gasteiger partial charge in [-0.25, -0.2) is 0 Å². The molecule has 1 unspecified atom stereocenters. The number of nitrogens with one attached hydrogen (secondary N) is 1. The Morgan fingerprint density at radius 1 is 1.23 bits per heavy atom. The molecule has 3 N–H and O–H groups in total. The summed E-state index contributed by atoms with van der Waals surface area (Å²) in [6.07, 6.45) is 3.64. The highest BCUT2D eigenvalue weighted by Gasteiger charge is 2.26. The lowest BCUT2D eigenvalue weighted by Gasteiger charge is -2.32. The van der Waals surface area contributed by atoms with Gasteiger partial charge in [-0.2, -0.15) is 5.12 Å². The molecule has 1 atom stereocenters. The largest absolute Gasteiger partial charge is 0.495 e. The fraction of sp³-hybridized carbons (Fsp3) is 0.357. The number of methoxy groups -OCH3 is 3. The summed E-state index contributed by atoms with van der Waals surface area (Å²) < 4.78 is 15.7. The number of rotatable bonds is 5. The molecule has 2 rings (SSSR count). The van der Waals surface area contributed by atoms with Crippen LogP contribution < -0.4 is 15.9 Å². The van der Waals surface area contributed by atoms with E-state index in [2.05, 4.69) is 10.5 Å². The van der Waals surface area contributed by atoms with Crippen molar-refractivity contribution in [3.63, 3.8) is 0 Å². The van der Waals surface area contributed by atoms with Crippen LogP contribution in [0.2, 0.25) is 0 Å². The Hall–Kier alpha value is -2.22. The van der Waals surface area contributed by atoms with Gasteiger partial charge in [0.25, 0.3) is 0 Å². The number of nitrogens with zero attached hydrogens (tertiary/aromatic N) is 2. The van der Waals surface area contributed by atoms with Crippen molar-refractivity contribution >= 4 is 23.3 Å². The van der Waals surface area contributed by atoms with Crippen LogP contribution in [0.3, 0.4) is 0 Å². The van der Waals surface area contributed by atoms with Crippen LogP contribution in [0, 0.1) is 0 Å². The van der Waals surface area contributed by atoms with Crippen molar-refractivity contribution in [2.75, 3.05) is 33.3 Å². The number of hydrogen-bond acceptors (Lipinski definition) is 8. The van der Waals surface area contributed by atoms with Gasteiger partial charge in [-0.05, 0) is 12.3 Å². The van der Waals surface area contributed by atoms with Crippen molar-refractivity contribution in [3.05, 3.63) is 35.7 Å². The quantitative estimate of drug-likeness (QED) is 0.801. The minimum absolute atomic E-state index is 0.181. The molecule has 0 saturated carbocycles. The summed E-state index contributed by atoms with van der Waals surface area (Å²) in [7, 11) is 4.72. The molecule has 1 aromatic carbocycles. The molecule has 1 aliphatic heterocycles. The fourth-order valence-electron chi connectivity index (χ4n) is 2.05. The monoisotopic (exact) mass is 324 g/mol. The molecule has 0 aliphatic carbocycles. The third-order valence-electron chi connectivity index (χ3n) is 3.15. The minimum atomic E-state index is -0.181. The SMILES string of the molecule is COC1=CC(OC)=NN(C(SC)c2cccc(OC)c2N)N1. The van der Waals surface area contributed by atoms with Crippen molar-refractivity contribution in [3.8, 4) is 5.75 Å². The number of nitrogen functional groups attached to an aromatic ring is 1. The second-order valence-corrected chi connectivity index (χ2v) is 5.28. The summed E-state index contributed by atoms with van der Waals surface area (Å²) in [6.45, 7) is 0. The zero-order chi connectivity index (χ0) is 16.1. The van der Waals surface area contributed by atoms with E-state index in [0.717, 1.165) is 5.56 Å². The molecule has 7 nitrogen and oxygen atoms in total. The highest BCUT2D eigenvalue weighted by Crippen LogP contribution is 2.38. The summed E-state index contributed by atoms with van der Waals surface area (Å²) >= 11 is 1.57. The number of hydrogen-bond donors (Lipinski definition) is 2. The van der Waals surface area contributed by atoms with Gasteiger partial charge in [-0.15, -0.1) is 16.9 Å². The number of thioether (sulfide) groups is 1. The van der Waals surface area contributed by atoms with E-state index in [-0.39, 0.29) is 5.37 Å². The summed E-state index contributed by atoms with van der Waals surface area (Å²) in [5.41, 5.74) is 10.7. The van der Waals surface area contributed by atoms with Gasteiger partial charge in [-0.1, -0.05) is 12.1 Å². The van der Waals surface area contributed by atoms with Gasteiger partial charge in [0.2, 0.25) is 11.8 Å². The lowest BCUT2D eigenvalue weighted by atomic mass is 10.1. The average Bonchev–Trinajstić information content (AvgIpc) is 2.56. The van der Waals surface area contributed by atoms with E-state index >= 15 is 0 Å². The first-order chi connectivity index (χ1) is 10.6. The Morgan fingerprint density at radius 3 is 2.59 bits per heavy atom. The molecule has 0 spiro atoms. The number of hydrazone groups is 1. The first-order valence-electron chi connectivity index (χ1n) is 6.54. The molecule has 0 aromatic heterocycles. The maximum atomic E-state index is 6.19. The minimum Gasteiger partial charge on any atom is -0.495 e. The summed E-state index contributed by atoms with van der Waals surface area (Å²) in [4.78, 5) is 0. The van der Waals surface area contributed by atoms with Crippen molar-refractivity contribution in [1.29, 1.82) is 0 Å². The van der Waals surface area contributed by atoms with Gasteiger partial charge < -0.3 is 19.9 Å². The zero-order valence-corrected chi connectivity index (χ0v) is 13.8. The van der Waals surface area contributed by atoms with Gasteiger partial charge in [-0.3, -0.25) is 5.43 Å². The molecular formula is C14H20N4O3S. The Kier molecular flexibility index (Phi) is 5.26. The van der Waals surface area contributed by atoms with E-state index < -0.39 is 0 Å². The van der Waals surface area contributed by atoms with Crippen LogP contribution in [0.15, 0.2) is 35.3 Å². The molecule has 0 radical (unpaired) electrons. The third-order valence-corrected chi connectivity index (χ3v) is 4.05. The summed E-state index contributed by atoms with van der Waals surface area (Å²) in [5.74, 6) is 1.61. The molecule has 22 heavy (non-hydrogen) atoms. The molecular weight excluding hydrogens is 304 g/mol. The second-order valence-electron chi connectivity index (χ2n) is 4.36. The summed E-state index contributed by atoms with van der Waals surface area (Å²) in [5, 5.41) is 5.85. The van der Waals surface area contributed by atoms with E-state index in [0.29, 0.717) is 23.2 Å². The third kappa shape index (κ3) is 3.16. The number of para-hydroxylation sites is 1. The molecule has 1 heterocycles. The van der Waals surface area contributed by atoms with Crippen LogP contribution in [-0.2, 0) is 9.47 Å². The summed E-state index contributed by atoms with van der Waals surface area (Å²) in [6, 6.07) is 5.66. The molecule has 1 aliphatic rings. The number of ether oxygens (including phenoxy) is 3. The first kappa shape index (κ1) is 16.2. The van der Waals surface area contributed by atoms with E-state index in [1.807, 2.05) is 24.5 Å². The smallest absolute Gasteiger partial charge is 0.238 e. The van der Waals surface area contributed by atoms with E-state index in [9.17, 15) is 0 Å². The van der Waals surface area contributed by atoms with Crippen LogP contribution in [0.4, 0.5) is 5.69 Å². The van der Waals surface area contributed by atoms with Crippen LogP contribution in [0.5, 0.6) is 5.75 Å². The Bertz CT molecular complexity index is 591. The number of anilines is 1. The number of benzene rings is 1. The van der Waals surface area contributed by atoms with Crippen molar-refractivity contribution < 1.29 is 14.2 Å². The predicted molar refractivity (Wildman–Crippen MR) is 88.2 cm³/mol. The van der Waals surface area contributed by atoms with E-state index in [1.54, 1.807) is 44.3 Å². The van der Waals surface area contributed by atoms with Crippen LogP contribution >= 0.6 is 11.8 Å². The van der Waals surface area contributed by atoms with Gasteiger partial charge in [0, 0.05) is 5.56 Å². The molecule has 0 amide bonds. The lowest BCUT2D eigenvalue weighted by molar-refractivity contribution is 0.123. The molecule has 0 saturated heterocycles. The van der Waals surface area contributed by atoms with Crippen molar-refractivity contribution in [1.82, 2.24) is 10.5 Å². The zero-order valence-electron chi connectivity index (χ0n) is 13.0. The fourth-order valence-corrected chi connectivity index (χ4v) is 2.80. The van der Waals surface area contributed by atoms with E-state index in [1.165, 1.54) is 0 Å². The Morgan fingerprint density at radius 2 is 2.00 bits per heavy atom. The van der Waals surface area contributed by atoms with E-state index in [4.69, 9.17) is 19.9 Å². The first-order valence-corrected chi connectivity index (χ1v) is 7.82. The van der Waals surface area contributed by atoms with Gasteiger partial charge in [0.15, 0.2) is 0 Å². The molecule has 120 valence electrons. The molecule has 1 aromatic rings. The van der Waals surface area contributed by atoms with Gasteiger partial charge in [0.1, 0.15) is 11.1 Å². The Balaban J connectivity index is 2.37. The molecule has 0 fully saturated rings. The van der Waals surface area contributed by atoms with Crippen LogP contribution in [0.25, 0.3) is 0 Å².